The standard InChI is InChI=1S/C10H14N2O/c1-2-9-5-3-4-8-12(9)10(13)6-7-11/h2,9H,1,3-6,8H2. The van der Waals surface area contributed by atoms with Crippen LogP contribution in [-0.4, -0.2) is 23.4 Å². The summed E-state index contributed by atoms with van der Waals surface area (Å²) in [6.45, 7) is 4.48. The second kappa shape index (κ2) is 4.66. The van der Waals surface area contributed by atoms with E-state index < -0.39 is 0 Å². The molecule has 0 aromatic rings. The summed E-state index contributed by atoms with van der Waals surface area (Å²) in [7, 11) is 0. The number of rotatable bonds is 2. The molecule has 0 aromatic carbocycles. The first kappa shape index (κ1) is 9.79. The van der Waals surface area contributed by atoms with Gasteiger partial charge in [-0.05, 0) is 19.3 Å². The summed E-state index contributed by atoms with van der Waals surface area (Å²) in [5.41, 5.74) is 0. The summed E-state index contributed by atoms with van der Waals surface area (Å²) in [5, 5.41) is 8.40. The average molecular weight is 178 g/mol. The highest BCUT2D eigenvalue weighted by Gasteiger charge is 2.23. The highest BCUT2D eigenvalue weighted by Crippen LogP contribution is 2.18. The fraction of sp³-hybridized carbons (Fsp3) is 0.600. The minimum atomic E-state index is -0.0629. The van der Waals surface area contributed by atoms with Crippen LogP contribution >= 0.6 is 0 Å². The third-order valence-corrected chi connectivity index (χ3v) is 2.37. The van der Waals surface area contributed by atoms with Gasteiger partial charge in [0.25, 0.3) is 0 Å². The first-order chi connectivity index (χ1) is 6.29. The number of carbonyl (C=O) groups excluding carboxylic acids is 1. The van der Waals surface area contributed by atoms with Crippen LogP contribution < -0.4 is 0 Å². The number of amides is 1. The lowest BCUT2D eigenvalue weighted by atomic mass is 10.0. The van der Waals surface area contributed by atoms with Gasteiger partial charge in [0.1, 0.15) is 6.42 Å². The van der Waals surface area contributed by atoms with Crippen LogP contribution in [0.3, 0.4) is 0 Å². The first-order valence-corrected chi connectivity index (χ1v) is 4.58. The van der Waals surface area contributed by atoms with E-state index in [9.17, 15) is 4.79 Å². The molecule has 1 heterocycles. The van der Waals surface area contributed by atoms with E-state index in [0.717, 1.165) is 25.8 Å². The minimum absolute atomic E-state index is 0.00958. The van der Waals surface area contributed by atoms with Crippen LogP contribution in [0.5, 0.6) is 0 Å². The third-order valence-electron chi connectivity index (χ3n) is 2.37. The predicted octanol–water partition coefficient (Wildman–Crippen LogP) is 1.47. The Hall–Kier alpha value is -1.30. The minimum Gasteiger partial charge on any atom is -0.335 e. The zero-order valence-corrected chi connectivity index (χ0v) is 7.70. The van der Waals surface area contributed by atoms with Gasteiger partial charge in [-0.3, -0.25) is 4.79 Å². The van der Waals surface area contributed by atoms with E-state index in [4.69, 9.17) is 5.26 Å². The fourth-order valence-electron chi connectivity index (χ4n) is 1.68. The monoisotopic (exact) mass is 178 g/mol. The van der Waals surface area contributed by atoms with Crippen molar-refractivity contribution in [3.8, 4) is 6.07 Å². The van der Waals surface area contributed by atoms with Crippen LogP contribution in [0.15, 0.2) is 12.7 Å². The predicted molar refractivity (Wildman–Crippen MR) is 49.8 cm³/mol. The van der Waals surface area contributed by atoms with Crippen molar-refractivity contribution in [1.29, 1.82) is 5.26 Å². The van der Waals surface area contributed by atoms with Crippen LogP contribution in [0.4, 0.5) is 0 Å². The molecule has 0 N–H and O–H groups in total. The SMILES string of the molecule is C=CC1CCCCN1C(=O)CC#N. The summed E-state index contributed by atoms with van der Waals surface area (Å²) in [4.78, 5) is 13.2. The largest absolute Gasteiger partial charge is 0.335 e. The topological polar surface area (TPSA) is 44.1 Å². The number of likely N-dealkylation sites (tertiary alicyclic amines) is 1. The zero-order chi connectivity index (χ0) is 9.68. The summed E-state index contributed by atoms with van der Waals surface area (Å²) >= 11 is 0. The van der Waals surface area contributed by atoms with E-state index in [1.54, 1.807) is 11.0 Å². The average Bonchev–Trinajstić information content (AvgIpc) is 2.18. The van der Waals surface area contributed by atoms with Crippen molar-refractivity contribution in [2.24, 2.45) is 0 Å². The second-order valence-corrected chi connectivity index (χ2v) is 3.22. The quantitative estimate of drug-likeness (QED) is 0.601. The molecule has 1 aliphatic rings. The highest BCUT2D eigenvalue weighted by atomic mass is 16.2. The van der Waals surface area contributed by atoms with E-state index in [1.807, 2.05) is 6.07 Å². The molecule has 3 heteroatoms. The van der Waals surface area contributed by atoms with Crippen molar-refractivity contribution in [2.45, 2.75) is 31.7 Å². The van der Waals surface area contributed by atoms with Gasteiger partial charge in [0.15, 0.2) is 0 Å². The molecule has 1 amide bonds. The zero-order valence-electron chi connectivity index (χ0n) is 7.70. The maximum absolute atomic E-state index is 11.4. The van der Waals surface area contributed by atoms with Crippen LogP contribution in [0.1, 0.15) is 25.7 Å². The van der Waals surface area contributed by atoms with Crippen molar-refractivity contribution < 1.29 is 4.79 Å². The molecule has 0 aromatic heterocycles. The van der Waals surface area contributed by atoms with Crippen LogP contribution in [0.25, 0.3) is 0 Å². The summed E-state index contributed by atoms with van der Waals surface area (Å²) in [6.07, 6.45) is 4.97. The molecule has 1 rings (SSSR count). The van der Waals surface area contributed by atoms with E-state index in [0.29, 0.717) is 0 Å². The van der Waals surface area contributed by atoms with E-state index in [1.165, 1.54) is 0 Å². The lowest BCUT2D eigenvalue weighted by molar-refractivity contribution is -0.132. The van der Waals surface area contributed by atoms with Crippen molar-refractivity contribution in [3.05, 3.63) is 12.7 Å². The van der Waals surface area contributed by atoms with Gasteiger partial charge >= 0.3 is 0 Å². The molecule has 13 heavy (non-hydrogen) atoms. The van der Waals surface area contributed by atoms with Gasteiger partial charge in [0, 0.05) is 12.6 Å². The molecule has 1 atom stereocenters. The summed E-state index contributed by atoms with van der Waals surface area (Å²) < 4.78 is 0. The molecular formula is C10H14N2O. The highest BCUT2D eigenvalue weighted by molar-refractivity contribution is 5.78. The van der Waals surface area contributed by atoms with Gasteiger partial charge in [-0.2, -0.15) is 5.26 Å². The van der Waals surface area contributed by atoms with Crippen molar-refractivity contribution in [3.63, 3.8) is 0 Å². The normalized spacial score (nSPS) is 22.1. The molecule has 0 bridgehead atoms. The Morgan fingerprint density at radius 1 is 1.69 bits per heavy atom. The van der Waals surface area contributed by atoms with Gasteiger partial charge < -0.3 is 4.90 Å². The summed E-state index contributed by atoms with van der Waals surface area (Å²) in [6, 6.07) is 2.03. The van der Waals surface area contributed by atoms with Gasteiger partial charge in [0.2, 0.25) is 5.91 Å². The number of nitrogens with zero attached hydrogens (tertiary/aromatic N) is 2. The number of hydrogen-bond donors (Lipinski definition) is 0. The van der Waals surface area contributed by atoms with E-state index >= 15 is 0 Å². The lowest BCUT2D eigenvalue weighted by Gasteiger charge is -2.33. The maximum Gasteiger partial charge on any atom is 0.237 e. The molecule has 70 valence electrons. The van der Waals surface area contributed by atoms with Crippen molar-refractivity contribution in [2.75, 3.05) is 6.54 Å². The number of carbonyl (C=O) groups is 1. The Morgan fingerprint density at radius 3 is 3.08 bits per heavy atom. The molecule has 0 saturated carbocycles. The molecule has 0 radical (unpaired) electrons. The van der Waals surface area contributed by atoms with Crippen molar-refractivity contribution >= 4 is 5.91 Å². The van der Waals surface area contributed by atoms with E-state index in [2.05, 4.69) is 6.58 Å². The van der Waals surface area contributed by atoms with Gasteiger partial charge in [-0.15, -0.1) is 6.58 Å². The molecule has 1 fully saturated rings. The number of nitriles is 1. The molecule has 1 saturated heterocycles. The van der Waals surface area contributed by atoms with Crippen LogP contribution in [0, 0.1) is 11.3 Å². The Balaban J connectivity index is 2.59. The molecule has 1 aliphatic heterocycles. The number of piperidine rings is 1. The first-order valence-electron chi connectivity index (χ1n) is 4.58. The Labute approximate surface area is 78.6 Å². The molecular weight excluding hydrogens is 164 g/mol. The lowest BCUT2D eigenvalue weighted by Crippen LogP contribution is -2.42. The van der Waals surface area contributed by atoms with Crippen LogP contribution in [0.2, 0.25) is 0 Å². The smallest absolute Gasteiger partial charge is 0.237 e. The molecule has 1 unspecified atom stereocenters. The fourth-order valence-corrected chi connectivity index (χ4v) is 1.68. The molecule has 0 aliphatic carbocycles. The van der Waals surface area contributed by atoms with Gasteiger partial charge in [-0.25, -0.2) is 0 Å². The van der Waals surface area contributed by atoms with Crippen molar-refractivity contribution in [1.82, 2.24) is 4.90 Å². The van der Waals surface area contributed by atoms with E-state index in [-0.39, 0.29) is 18.4 Å². The summed E-state index contributed by atoms with van der Waals surface area (Å²) in [5.74, 6) is -0.0629. The van der Waals surface area contributed by atoms with Gasteiger partial charge in [-0.1, -0.05) is 6.08 Å². The Bertz CT molecular complexity index is 242. The van der Waals surface area contributed by atoms with Crippen LogP contribution in [-0.2, 0) is 4.79 Å². The molecule has 3 nitrogen and oxygen atoms in total. The Morgan fingerprint density at radius 2 is 2.46 bits per heavy atom. The Kier molecular flexibility index (Phi) is 3.51. The third kappa shape index (κ3) is 2.32. The maximum atomic E-state index is 11.4. The molecule has 0 spiro atoms. The second-order valence-electron chi connectivity index (χ2n) is 3.22. The number of hydrogen-bond acceptors (Lipinski definition) is 2. The van der Waals surface area contributed by atoms with Gasteiger partial charge in [0.05, 0.1) is 6.07 Å².